The Morgan fingerprint density at radius 2 is 1.71 bits per heavy atom. The van der Waals surface area contributed by atoms with Crippen molar-refractivity contribution in [1.82, 2.24) is 5.32 Å². The van der Waals surface area contributed by atoms with E-state index in [4.69, 9.17) is 16.3 Å². The number of carbonyl (C=O) groups is 1. The highest BCUT2D eigenvalue weighted by Gasteiger charge is 2.27. The molecule has 0 saturated heterocycles. The molecule has 0 atom stereocenters. The van der Waals surface area contributed by atoms with E-state index in [1.165, 1.54) is 12.1 Å². The molecule has 0 fully saturated rings. The number of benzene rings is 3. The Morgan fingerprint density at radius 1 is 1.00 bits per heavy atom. The van der Waals surface area contributed by atoms with Gasteiger partial charge in [-0.15, -0.1) is 0 Å². The van der Waals surface area contributed by atoms with Crippen LogP contribution in [-0.2, 0) is 21.4 Å². The monoisotopic (exact) mass is 458 g/mol. The summed E-state index contributed by atoms with van der Waals surface area (Å²) in [6.07, 6.45) is 0. The summed E-state index contributed by atoms with van der Waals surface area (Å²) in [6, 6.07) is 21.7. The first-order chi connectivity index (χ1) is 14.9. The summed E-state index contributed by atoms with van der Waals surface area (Å²) < 4.78 is 33.0. The van der Waals surface area contributed by atoms with E-state index in [0.29, 0.717) is 23.1 Å². The summed E-state index contributed by atoms with van der Waals surface area (Å²) in [4.78, 5) is 12.8. The van der Waals surface area contributed by atoms with Gasteiger partial charge < -0.3 is 10.1 Å². The van der Waals surface area contributed by atoms with Gasteiger partial charge in [-0.25, -0.2) is 8.42 Å². The number of anilines is 1. The second-order valence-corrected chi connectivity index (χ2v) is 8.96. The lowest BCUT2D eigenvalue weighted by atomic mass is 10.2. The van der Waals surface area contributed by atoms with E-state index in [9.17, 15) is 13.2 Å². The minimum atomic E-state index is -3.95. The van der Waals surface area contributed by atoms with Crippen LogP contribution in [0.1, 0.15) is 12.5 Å². The Kier molecular flexibility index (Phi) is 7.55. The van der Waals surface area contributed by atoms with Gasteiger partial charge in [0.2, 0.25) is 5.91 Å². The number of amides is 1. The lowest BCUT2D eigenvalue weighted by molar-refractivity contribution is -0.119. The first kappa shape index (κ1) is 22.7. The number of carbonyl (C=O) groups excluding carboxylic acids is 1. The summed E-state index contributed by atoms with van der Waals surface area (Å²) in [6.45, 7) is 2.32. The van der Waals surface area contributed by atoms with Crippen LogP contribution in [0.3, 0.4) is 0 Å². The van der Waals surface area contributed by atoms with Crippen molar-refractivity contribution >= 4 is 33.2 Å². The van der Waals surface area contributed by atoms with Gasteiger partial charge in [-0.1, -0.05) is 41.9 Å². The number of nitrogens with zero attached hydrogens (tertiary/aromatic N) is 1. The number of nitrogens with one attached hydrogen (secondary N) is 1. The Morgan fingerprint density at radius 3 is 2.39 bits per heavy atom. The number of rotatable bonds is 9. The molecule has 0 heterocycles. The van der Waals surface area contributed by atoms with Crippen molar-refractivity contribution in [1.29, 1.82) is 0 Å². The molecule has 0 aliphatic carbocycles. The van der Waals surface area contributed by atoms with Crippen molar-refractivity contribution in [3.05, 3.63) is 89.4 Å². The summed E-state index contributed by atoms with van der Waals surface area (Å²) in [7, 11) is -3.95. The normalized spacial score (nSPS) is 11.0. The second kappa shape index (κ2) is 10.3. The third-order valence-corrected chi connectivity index (χ3v) is 6.47. The fourth-order valence-corrected chi connectivity index (χ4v) is 4.51. The van der Waals surface area contributed by atoms with Crippen LogP contribution in [0.4, 0.5) is 5.69 Å². The van der Waals surface area contributed by atoms with Crippen LogP contribution in [0.5, 0.6) is 5.75 Å². The Hall–Kier alpha value is -3.03. The summed E-state index contributed by atoms with van der Waals surface area (Å²) in [5, 5.41) is 3.25. The van der Waals surface area contributed by atoms with E-state index in [1.54, 1.807) is 42.5 Å². The maximum Gasteiger partial charge on any atom is 0.264 e. The molecule has 8 heteroatoms. The fraction of sp³-hybridized carbons (Fsp3) is 0.174. The van der Waals surface area contributed by atoms with Gasteiger partial charge in [0, 0.05) is 11.6 Å². The fourth-order valence-electron chi connectivity index (χ4n) is 2.94. The predicted octanol–water partition coefficient (Wildman–Crippen LogP) is 4.25. The lowest BCUT2D eigenvalue weighted by Gasteiger charge is -2.24. The van der Waals surface area contributed by atoms with Crippen LogP contribution in [-0.4, -0.2) is 27.5 Å². The highest BCUT2D eigenvalue weighted by molar-refractivity contribution is 7.92. The summed E-state index contributed by atoms with van der Waals surface area (Å²) in [5.41, 5.74) is 1.20. The number of sulfonamides is 1. The third-order valence-electron chi connectivity index (χ3n) is 4.43. The van der Waals surface area contributed by atoms with Crippen molar-refractivity contribution in [2.45, 2.75) is 18.4 Å². The van der Waals surface area contributed by atoms with Crippen molar-refractivity contribution in [3.63, 3.8) is 0 Å². The van der Waals surface area contributed by atoms with Gasteiger partial charge in [-0.2, -0.15) is 0 Å². The molecular weight excluding hydrogens is 436 g/mol. The van der Waals surface area contributed by atoms with Gasteiger partial charge in [-0.05, 0) is 61.0 Å². The number of hydrogen-bond donors (Lipinski definition) is 1. The van der Waals surface area contributed by atoms with Crippen LogP contribution in [0.25, 0.3) is 0 Å². The maximum atomic E-state index is 13.2. The minimum absolute atomic E-state index is 0.0992. The second-order valence-electron chi connectivity index (χ2n) is 6.66. The molecule has 0 aromatic heterocycles. The zero-order chi connectivity index (χ0) is 22.3. The predicted molar refractivity (Wildman–Crippen MR) is 122 cm³/mol. The molecule has 6 nitrogen and oxygen atoms in total. The molecule has 0 spiro atoms. The molecule has 1 amide bonds. The van der Waals surface area contributed by atoms with Gasteiger partial charge >= 0.3 is 0 Å². The third kappa shape index (κ3) is 5.99. The first-order valence-corrected chi connectivity index (χ1v) is 11.5. The zero-order valence-corrected chi connectivity index (χ0v) is 18.6. The quantitative estimate of drug-likeness (QED) is 0.520. The van der Waals surface area contributed by atoms with E-state index >= 15 is 0 Å². The van der Waals surface area contributed by atoms with Crippen LogP contribution >= 0.6 is 11.6 Å². The van der Waals surface area contributed by atoms with Crippen molar-refractivity contribution in [2.75, 3.05) is 17.5 Å². The van der Waals surface area contributed by atoms with Crippen molar-refractivity contribution < 1.29 is 17.9 Å². The van der Waals surface area contributed by atoms with Crippen LogP contribution in [0.15, 0.2) is 83.8 Å². The molecule has 3 rings (SSSR count). The Labute approximate surface area is 187 Å². The molecule has 0 aliphatic rings. The Bertz CT molecular complexity index is 1120. The van der Waals surface area contributed by atoms with Gasteiger partial charge in [-0.3, -0.25) is 9.10 Å². The largest absolute Gasteiger partial charge is 0.494 e. The van der Waals surface area contributed by atoms with Crippen LogP contribution in [0, 0.1) is 0 Å². The molecule has 0 saturated carbocycles. The van der Waals surface area contributed by atoms with Gasteiger partial charge in [0.05, 0.1) is 17.2 Å². The minimum Gasteiger partial charge on any atom is -0.494 e. The summed E-state index contributed by atoms with van der Waals surface area (Å²) in [5.74, 6) is 0.278. The van der Waals surface area contributed by atoms with Gasteiger partial charge in [0.1, 0.15) is 12.3 Å². The van der Waals surface area contributed by atoms with Crippen LogP contribution < -0.4 is 14.4 Å². The number of ether oxygens (including phenoxy) is 1. The zero-order valence-electron chi connectivity index (χ0n) is 17.0. The maximum absolute atomic E-state index is 13.2. The first-order valence-electron chi connectivity index (χ1n) is 9.72. The van der Waals surface area contributed by atoms with Gasteiger partial charge in [0.15, 0.2) is 0 Å². The SMILES string of the molecule is CCOc1cccc(CNC(=O)CN(c2ccc(Cl)cc2)S(=O)(=O)c2ccccc2)c1. The van der Waals surface area contributed by atoms with E-state index < -0.39 is 15.9 Å². The van der Waals surface area contributed by atoms with Crippen molar-refractivity contribution in [2.24, 2.45) is 0 Å². The van der Waals surface area contributed by atoms with E-state index in [1.807, 2.05) is 31.2 Å². The molecule has 0 bridgehead atoms. The smallest absolute Gasteiger partial charge is 0.264 e. The van der Waals surface area contributed by atoms with E-state index in [2.05, 4.69) is 5.32 Å². The number of hydrogen-bond acceptors (Lipinski definition) is 4. The molecule has 3 aromatic rings. The highest BCUT2D eigenvalue weighted by atomic mass is 35.5. The van der Waals surface area contributed by atoms with E-state index in [-0.39, 0.29) is 18.0 Å². The molecule has 0 radical (unpaired) electrons. The average molecular weight is 459 g/mol. The molecule has 162 valence electrons. The molecule has 0 aliphatic heterocycles. The molecule has 3 aromatic carbocycles. The lowest BCUT2D eigenvalue weighted by Crippen LogP contribution is -2.40. The highest BCUT2D eigenvalue weighted by Crippen LogP contribution is 2.25. The molecule has 0 unspecified atom stereocenters. The van der Waals surface area contributed by atoms with E-state index in [0.717, 1.165) is 9.87 Å². The molecule has 31 heavy (non-hydrogen) atoms. The standard InChI is InChI=1S/C23H23ClN2O4S/c1-2-30-21-8-6-7-18(15-21)16-25-23(27)17-26(20-13-11-19(24)12-14-20)31(28,29)22-9-4-3-5-10-22/h3-15H,2,16-17H2,1H3,(H,25,27). The molecular formula is C23H23ClN2O4S. The average Bonchev–Trinajstić information content (AvgIpc) is 2.78. The number of halogens is 1. The van der Waals surface area contributed by atoms with Crippen LogP contribution in [0.2, 0.25) is 5.02 Å². The summed E-state index contributed by atoms with van der Waals surface area (Å²) >= 11 is 5.95. The van der Waals surface area contributed by atoms with Gasteiger partial charge in [0.25, 0.3) is 10.0 Å². The van der Waals surface area contributed by atoms with Crippen molar-refractivity contribution in [3.8, 4) is 5.75 Å². The molecule has 1 N–H and O–H groups in total. The topological polar surface area (TPSA) is 75.7 Å². The Balaban J connectivity index is 1.79.